The predicted octanol–water partition coefficient (Wildman–Crippen LogP) is 1.58. The summed E-state index contributed by atoms with van der Waals surface area (Å²) in [5, 5.41) is 10.6. The van der Waals surface area contributed by atoms with E-state index in [0.29, 0.717) is 4.90 Å². The first-order valence-corrected chi connectivity index (χ1v) is 5.32. The largest absolute Gasteiger partial charge is 0.274 e. The van der Waals surface area contributed by atoms with Crippen LogP contribution >= 0.6 is 0 Å². The lowest BCUT2D eigenvalue weighted by Crippen LogP contribution is -2.31. The fourth-order valence-corrected chi connectivity index (χ4v) is 1.85. The van der Waals surface area contributed by atoms with Crippen molar-refractivity contribution in [3.63, 3.8) is 0 Å². The Morgan fingerprint density at radius 1 is 1.42 bits per heavy atom. The second-order valence-corrected chi connectivity index (χ2v) is 4.02. The third kappa shape index (κ3) is 2.16. The van der Waals surface area contributed by atoms with Crippen LogP contribution in [-0.2, 0) is 9.59 Å². The number of carbonyl (C=O) groups is 2. The lowest BCUT2D eigenvalue weighted by Gasteiger charge is -2.14. The number of carbonyl (C=O) groups excluding carboxylic acids is 2. The van der Waals surface area contributed by atoms with Crippen LogP contribution in [0.5, 0.6) is 0 Å². The van der Waals surface area contributed by atoms with Gasteiger partial charge >= 0.3 is 0 Å². The molecular weight excluding hydrogens is 262 g/mol. The SMILES string of the molecule is O=C1CC(CF)C(=O)N1c1cc([N+](=O)[O-])ccc1F. The quantitative estimate of drug-likeness (QED) is 0.474. The fourth-order valence-electron chi connectivity index (χ4n) is 1.85. The molecule has 0 aromatic heterocycles. The average Bonchev–Trinajstić information content (AvgIpc) is 2.65. The topological polar surface area (TPSA) is 80.5 Å². The van der Waals surface area contributed by atoms with Gasteiger partial charge in [-0.1, -0.05) is 0 Å². The molecule has 2 rings (SSSR count). The number of hydrogen-bond donors (Lipinski definition) is 0. The van der Waals surface area contributed by atoms with E-state index in [1.54, 1.807) is 0 Å². The molecule has 0 saturated carbocycles. The van der Waals surface area contributed by atoms with Gasteiger partial charge in [-0.3, -0.25) is 24.1 Å². The van der Waals surface area contributed by atoms with Gasteiger partial charge in [0.25, 0.3) is 5.69 Å². The zero-order valence-corrected chi connectivity index (χ0v) is 9.51. The average molecular weight is 270 g/mol. The standard InChI is InChI=1S/C11H8F2N2O4/c12-5-6-3-10(16)14(11(6)17)9-4-7(15(18)19)1-2-8(9)13/h1-2,4,6H,3,5H2. The third-order valence-electron chi connectivity index (χ3n) is 2.81. The summed E-state index contributed by atoms with van der Waals surface area (Å²) in [6.45, 7) is -1.03. The zero-order valence-electron chi connectivity index (χ0n) is 9.51. The molecule has 0 radical (unpaired) electrons. The lowest BCUT2D eigenvalue weighted by molar-refractivity contribution is -0.384. The zero-order chi connectivity index (χ0) is 14.2. The minimum Gasteiger partial charge on any atom is -0.274 e. The number of amides is 2. The van der Waals surface area contributed by atoms with Gasteiger partial charge in [0.15, 0.2) is 0 Å². The van der Waals surface area contributed by atoms with E-state index < -0.39 is 46.5 Å². The maximum absolute atomic E-state index is 13.6. The number of hydrogen-bond acceptors (Lipinski definition) is 4. The van der Waals surface area contributed by atoms with Gasteiger partial charge in [-0.15, -0.1) is 0 Å². The molecule has 19 heavy (non-hydrogen) atoms. The molecule has 1 saturated heterocycles. The van der Waals surface area contributed by atoms with E-state index in [-0.39, 0.29) is 6.42 Å². The van der Waals surface area contributed by atoms with Gasteiger partial charge in [0.05, 0.1) is 16.5 Å². The molecular formula is C11H8F2N2O4. The van der Waals surface area contributed by atoms with Crippen LogP contribution in [-0.4, -0.2) is 23.4 Å². The number of alkyl halides is 1. The Hall–Kier alpha value is -2.38. The van der Waals surface area contributed by atoms with Crippen LogP contribution in [0.1, 0.15) is 6.42 Å². The molecule has 2 amide bonds. The number of nitro groups is 1. The minimum atomic E-state index is -1.15. The van der Waals surface area contributed by atoms with Crippen LogP contribution in [0.4, 0.5) is 20.2 Å². The molecule has 1 aliphatic rings. The summed E-state index contributed by atoms with van der Waals surface area (Å²) < 4.78 is 26.1. The molecule has 1 fully saturated rings. The summed E-state index contributed by atoms with van der Waals surface area (Å²) >= 11 is 0. The van der Waals surface area contributed by atoms with E-state index in [1.807, 2.05) is 0 Å². The highest BCUT2D eigenvalue weighted by Gasteiger charge is 2.41. The van der Waals surface area contributed by atoms with Crippen molar-refractivity contribution < 1.29 is 23.3 Å². The Bertz CT molecular complexity index is 576. The van der Waals surface area contributed by atoms with Gasteiger partial charge in [0.1, 0.15) is 12.5 Å². The summed E-state index contributed by atoms with van der Waals surface area (Å²) in [5.41, 5.74) is -0.971. The first-order chi connectivity index (χ1) is 8.95. The Labute approximate surface area is 105 Å². The number of benzene rings is 1. The Morgan fingerprint density at radius 3 is 2.63 bits per heavy atom. The summed E-state index contributed by atoms with van der Waals surface area (Å²) in [6, 6.07) is 2.49. The predicted molar refractivity (Wildman–Crippen MR) is 59.6 cm³/mol. The number of imide groups is 1. The molecule has 1 heterocycles. The van der Waals surface area contributed by atoms with Crippen molar-refractivity contribution in [3.05, 3.63) is 34.1 Å². The van der Waals surface area contributed by atoms with Crippen LogP contribution in [0.2, 0.25) is 0 Å². The van der Waals surface area contributed by atoms with Gasteiger partial charge < -0.3 is 0 Å². The maximum atomic E-state index is 13.6. The second-order valence-electron chi connectivity index (χ2n) is 4.02. The second kappa shape index (κ2) is 4.71. The summed E-state index contributed by atoms with van der Waals surface area (Å²) in [7, 11) is 0. The van der Waals surface area contributed by atoms with Crippen molar-refractivity contribution in [2.75, 3.05) is 11.6 Å². The van der Waals surface area contributed by atoms with Crippen molar-refractivity contribution in [2.24, 2.45) is 5.92 Å². The van der Waals surface area contributed by atoms with Crippen molar-refractivity contribution in [3.8, 4) is 0 Å². The van der Waals surface area contributed by atoms with E-state index >= 15 is 0 Å². The smallest absolute Gasteiger partial charge is 0.271 e. The summed E-state index contributed by atoms with van der Waals surface area (Å²) in [6.07, 6.45) is -0.364. The Kier molecular flexibility index (Phi) is 3.24. The van der Waals surface area contributed by atoms with E-state index in [0.717, 1.165) is 18.2 Å². The van der Waals surface area contributed by atoms with Crippen LogP contribution < -0.4 is 4.90 Å². The summed E-state index contributed by atoms with van der Waals surface area (Å²) in [4.78, 5) is 33.6. The van der Waals surface area contributed by atoms with Crippen molar-refractivity contribution in [1.29, 1.82) is 0 Å². The number of rotatable bonds is 3. The number of anilines is 1. The molecule has 0 spiro atoms. The van der Waals surface area contributed by atoms with Crippen LogP contribution in [0.3, 0.4) is 0 Å². The summed E-state index contributed by atoms with van der Waals surface area (Å²) in [5.74, 6) is -3.75. The molecule has 6 nitrogen and oxygen atoms in total. The molecule has 1 aromatic rings. The van der Waals surface area contributed by atoms with Gasteiger partial charge in [-0.05, 0) is 6.07 Å². The number of non-ortho nitro benzene ring substituents is 1. The van der Waals surface area contributed by atoms with Gasteiger partial charge in [0, 0.05) is 18.6 Å². The van der Waals surface area contributed by atoms with E-state index in [9.17, 15) is 28.5 Å². The minimum absolute atomic E-state index is 0.364. The highest BCUT2D eigenvalue weighted by Crippen LogP contribution is 2.31. The van der Waals surface area contributed by atoms with Crippen LogP contribution in [0.15, 0.2) is 18.2 Å². The number of nitrogens with zero attached hydrogens (tertiary/aromatic N) is 2. The molecule has 100 valence electrons. The lowest BCUT2D eigenvalue weighted by atomic mass is 10.1. The maximum Gasteiger partial charge on any atom is 0.271 e. The fraction of sp³-hybridized carbons (Fsp3) is 0.273. The monoisotopic (exact) mass is 270 g/mol. The highest BCUT2D eigenvalue weighted by molar-refractivity contribution is 6.21. The molecule has 8 heteroatoms. The molecule has 0 bridgehead atoms. The first-order valence-electron chi connectivity index (χ1n) is 5.32. The van der Waals surface area contributed by atoms with Crippen LogP contribution in [0, 0.1) is 21.8 Å². The van der Waals surface area contributed by atoms with Gasteiger partial charge in [0.2, 0.25) is 11.8 Å². The van der Waals surface area contributed by atoms with E-state index in [4.69, 9.17) is 0 Å². The number of nitro benzene ring substituents is 1. The van der Waals surface area contributed by atoms with Gasteiger partial charge in [-0.2, -0.15) is 0 Å². The van der Waals surface area contributed by atoms with E-state index in [1.165, 1.54) is 0 Å². The molecule has 1 unspecified atom stereocenters. The van der Waals surface area contributed by atoms with E-state index in [2.05, 4.69) is 0 Å². The molecule has 1 aromatic carbocycles. The molecule has 1 aliphatic heterocycles. The van der Waals surface area contributed by atoms with Crippen molar-refractivity contribution in [2.45, 2.75) is 6.42 Å². The Balaban J connectivity index is 2.47. The van der Waals surface area contributed by atoms with Crippen molar-refractivity contribution >= 4 is 23.2 Å². The molecule has 0 N–H and O–H groups in total. The Morgan fingerprint density at radius 2 is 2.11 bits per heavy atom. The first kappa shape index (κ1) is 13.1. The third-order valence-corrected chi connectivity index (χ3v) is 2.81. The normalized spacial score (nSPS) is 19.1. The number of halogens is 2. The van der Waals surface area contributed by atoms with Crippen molar-refractivity contribution in [1.82, 2.24) is 0 Å². The molecule has 0 aliphatic carbocycles. The highest BCUT2D eigenvalue weighted by atomic mass is 19.1. The molecule has 1 atom stereocenters. The van der Waals surface area contributed by atoms with Gasteiger partial charge in [-0.25, -0.2) is 9.29 Å². The van der Waals surface area contributed by atoms with Crippen LogP contribution in [0.25, 0.3) is 0 Å².